The molecule has 0 radical (unpaired) electrons. The van der Waals surface area contributed by atoms with Crippen LogP contribution >= 0.6 is 0 Å². The first kappa shape index (κ1) is 12.0. The number of nitrogens with one attached hydrogen (secondary N) is 1. The van der Waals surface area contributed by atoms with Crippen molar-refractivity contribution in [1.29, 1.82) is 0 Å². The van der Waals surface area contributed by atoms with Gasteiger partial charge >= 0.3 is 5.97 Å². The molecule has 0 saturated heterocycles. The van der Waals surface area contributed by atoms with Crippen molar-refractivity contribution in [3.05, 3.63) is 54.0 Å². The molecule has 0 aliphatic rings. The monoisotopic (exact) mass is 243 g/mol. The number of carbonyl (C=O) groups is 1. The third-order valence-electron chi connectivity index (χ3n) is 2.50. The van der Waals surface area contributed by atoms with Crippen molar-refractivity contribution in [2.24, 2.45) is 0 Å². The van der Waals surface area contributed by atoms with Crippen LogP contribution in [0.3, 0.4) is 0 Å². The van der Waals surface area contributed by atoms with Gasteiger partial charge in [0.05, 0.1) is 6.42 Å². The van der Waals surface area contributed by atoms with E-state index in [1.54, 1.807) is 12.3 Å². The normalized spacial score (nSPS) is 10.0. The van der Waals surface area contributed by atoms with Crippen LogP contribution in [0, 0.1) is 0 Å². The number of carboxylic acid groups (broad SMARTS) is 1. The van der Waals surface area contributed by atoms with E-state index in [1.807, 2.05) is 24.3 Å². The summed E-state index contributed by atoms with van der Waals surface area (Å²) in [5.74, 6) is -0.111. The minimum Gasteiger partial charge on any atom is -0.481 e. The topological polar surface area (TPSA) is 75.1 Å². The Bertz CT molecular complexity index is 529. The minimum absolute atomic E-state index is 0.0294. The quantitative estimate of drug-likeness (QED) is 0.836. The standard InChI is InChI=1S/C13H13N3O2/c17-13(18)7-10-3-1-2-4-11(10)8-15-12-5-6-14-9-16-12/h1-6,9H,7-8H2,(H,17,18)(H,14,15,16). The van der Waals surface area contributed by atoms with Gasteiger partial charge in [0.25, 0.3) is 0 Å². The van der Waals surface area contributed by atoms with Gasteiger partial charge in [0, 0.05) is 12.7 Å². The Morgan fingerprint density at radius 3 is 2.67 bits per heavy atom. The molecule has 2 aromatic rings. The average Bonchev–Trinajstić information content (AvgIpc) is 2.38. The number of carboxylic acids is 1. The first-order chi connectivity index (χ1) is 8.75. The zero-order valence-electron chi connectivity index (χ0n) is 9.71. The summed E-state index contributed by atoms with van der Waals surface area (Å²) < 4.78 is 0. The molecular formula is C13H13N3O2. The summed E-state index contributed by atoms with van der Waals surface area (Å²) in [7, 11) is 0. The molecule has 5 nitrogen and oxygen atoms in total. The maximum Gasteiger partial charge on any atom is 0.307 e. The van der Waals surface area contributed by atoms with Crippen LogP contribution in [-0.4, -0.2) is 21.0 Å². The number of hydrogen-bond acceptors (Lipinski definition) is 4. The van der Waals surface area contributed by atoms with Crippen molar-refractivity contribution in [1.82, 2.24) is 9.97 Å². The predicted molar refractivity (Wildman–Crippen MR) is 67.1 cm³/mol. The highest BCUT2D eigenvalue weighted by Gasteiger charge is 2.05. The van der Waals surface area contributed by atoms with E-state index in [0.29, 0.717) is 6.54 Å². The second-order valence-corrected chi connectivity index (χ2v) is 3.79. The first-order valence-corrected chi connectivity index (χ1v) is 5.54. The van der Waals surface area contributed by atoms with E-state index >= 15 is 0 Å². The van der Waals surface area contributed by atoms with Crippen molar-refractivity contribution in [2.45, 2.75) is 13.0 Å². The summed E-state index contributed by atoms with van der Waals surface area (Å²) in [6.45, 7) is 0.542. The molecule has 5 heteroatoms. The summed E-state index contributed by atoms with van der Waals surface area (Å²) in [6, 6.07) is 9.23. The van der Waals surface area contributed by atoms with E-state index in [1.165, 1.54) is 6.33 Å². The van der Waals surface area contributed by atoms with Crippen molar-refractivity contribution < 1.29 is 9.90 Å². The molecule has 1 heterocycles. The lowest BCUT2D eigenvalue weighted by Gasteiger charge is -2.09. The lowest BCUT2D eigenvalue weighted by molar-refractivity contribution is -0.136. The Kier molecular flexibility index (Phi) is 3.86. The molecule has 1 aromatic carbocycles. The first-order valence-electron chi connectivity index (χ1n) is 5.54. The van der Waals surface area contributed by atoms with Gasteiger partial charge in [-0.05, 0) is 17.2 Å². The van der Waals surface area contributed by atoms with E-state index in [9.17, 15) is 4.79 Å². The molecule has 2 rings (SSSR count). The second kappa shape index (κ2) is 5.77. The van der Waals surface area contributed by atoms with Gasteiger partial charge in [-0.3, -0.25) is 4.79 Å². The van der Waals surface area contributed by atoms with Crippen molar-refractivity contribution >= 4 is 11.8 Å². The van der Waals surface area contributed by atoms with Crippen LogP contribution in [0.4, 0.5) is 5.82 Å². The largest absolute Gasteiger partial charge is 0.481 e. The number of rotatable bonds is 5. The molecule has 1 aromatic heterocycles. The molecule has 0 unspecified atom stereocenters. The van der Waals surface area contributed by atoms with Crippen molar-refractivity contribution in [3.63, 3.8) is 0 Å². The number of aromatic nitrogens is 2. The van der Waals surface area contributed by atoms with Crippen LogP contribution in [0.25, 0.3) is 0 Å². The van der Waals surface area contributed by atoms with Crippen LogP contribution in [0.15, 0.2) is 42.9 Å². The van der Waals surface area contributed by atoms with Crippen LogP contribution in [0.5, 0.6) is 0 Å². The number of anilines is 1. The number of benzene rings is 1. The van der Waals surface area contributed by atoms with Crippen LogP contribution in [0.2, 0.25) is 0 Å². The lowest BCUT2D eigenvalue weighted by Crippen LogP contribution is -2.07. The Hall–Kier alpha value is -2.43. The molecule has 0 amide bonds. The SMILES string of the molecule is O=C(O)Cc1ccccc1CNc1ccncn1. The number of nitrogens with zero attached hydrogens (tertiary/aromatic N) is 2. The Labute approximate surface area is 105 Å². The molecule has 0 aliphatic carbocycles. The summed E-state index contributed by atoms with van der Waals surface area (Å²) >= 11 is 0. The summed E-state index contributed by atoms with van der Waals surface area (Å²) in [6.07, 6.45) is 3.14. The fourth-order valence-electron chi connectivity index (χ4n) is 1.65. The Balaban J connectivity index is 2.07. The molecule has 0 aliphatic heterocycles. The molecule has 2 N–H and O–H groups in total. The highest BCUT2D eigenvalue weighted by Crippen LogP contribution is 2.11. The van der Waals surface area contributed by atoms with Crippen LogP contribution < -0.4 is 5.32 Å². The van der Waals surface area contributed by atoms with Gasteiger partial charge in [0.2, 0.25) is 0 Å². The van der Waals surface area contributed by atoms with E-state index < -0.39 is 5.97 Å². The predicted octanol–water partition coefficient (Wildman–Crippen LogP) is 1.72. The van der Waals surface area contributed by atoms with E-state index in [0.717, 1.165) is 16.9 Å². The Morgan fingerprint density at radius 1 is 1.22 bits per heavy atom. The lowest BCUT2D eigenvalue weighted by atomic mass is 10.0. The molecule has 0 fully saturated rings. The van der Waals surface area contributed by atoms with E-state index in [-0.39, 0.29) is 6.42 Å². The van der Waals surface area contributed by atoms with Crippen molar-refractivity contribution in [2.75, 3.05) is 5.32 Å². The third kappa shape index (κ3) is 3.28. The van der Waals surface area contributed by atoms with Gasteiger partial charge in [0.15, 0.2) is 0 Å². The molecule has 0 saturated carbocycles. The molecule has 18 heavy (non-hydrogen) atoms. The fourth-order valence-corrected chi connectivity index (χ4v) is 1.65. The molecule has 0 spiro atoms. The Morgan fingerprint density at radius 2 is 2.00 bits per heavy atom. The van der Waals surface area contributed by atoms with Gasteiger partial charge in [-0.2, -0.15) is 0 Å². The zero-order valence-corrected chi connectivity index (χ0v) is 9.71. The number of hydrogen-bond donors (Lipinski definition) is 2. The van der Waals surface area contributed by atoms with Gasteiger partial charge in [-0.1, -0.05) is 24.3 Å². The third-order valence-corrected chi connectivity index (χ3v) is 2.50. The van der Waals surface area contributed by atoms with Gasteiger partial charge in [-0.25, -0.2) is 9.97 Å². The molecular weight excluding hydrogens is 230 g/mol. The van der Waals surface area contributed by atoms with Gasteiger partial charge in [-0.15, -0.1) is 0 Å². The second-order valence-electron chi connectivity index (χ2n) is 3.79. The maximum absolute atomic E-state index is 10.8. The zero-order chi connectivity index (χ0) is 12.8. The van der Waals surface area contributed by atoms with Crippen molar-refractivity contribution in [3.8, 4) is 0 Å². The highest BCUT2D eigenvalue weighted by atomic mass is 16.4. The maximum atomic E-state index is 10.8. The summed E-state index contributed by atoms with van der Waals surface area (Å²) in [5.41, 5.74) is 1.77. The number of aliphatic carboxylic acids is 1. The minimum atomic E-state index is -0.829. The molecule has 0 atom stereocenters. The highest BCUT2D eigenvalue weighted by molar-refractivity contribution is 5.70. The van der Waals surface area contributed by atoms with Crippen LogP contribution in [-0.2, 0) is 17.8 Å². The van der Waals surface area contributed by atoms with Crippen LogP contribution in [0.1, 0.15) is 11.1 Å². The van der Waals surface area contributed by atoms with E-state index in [2.05, 4.69) is 15.3 Å². The van der Waals surface area contributed by atoms with Gasteiger partial charge < -0.3 is 10.4 Å². The smallest absolute Gasteiger partial charge is 0.307 e. The van der Waals surface area contributed by atoms with E-state index in [4.69, 9.17) is 5.11 Å². The average molecular weight is 243 g/mol. The molecule has 92 valence electrons. The summed E-state index contributed by atoms with van der Waals surface area (Å²) in [4.78, 5) is 18.6. The molecule has 0 bridgehead atoms. The van der Waals surface area contributed by atoms with Gasteiger partial charge in [0.1, 0.15) is 12.1 Å². The summed E-state index contributed by atoms with van der Waals surface area (Å²) in [5, 5.41) is 12.0. The fraction of sp³-hybridized carbons (Fsp3) is 0.154.